The smallest absolute Gasteiger partial charge is 0.122 e. The van der Waals surface area contributed by atoms with Crippen molar-refractivity contribution in [3.63, 3.8) is 0 Å². The van der Waals surface area contributed by atoms with Crippen LogP contribution in [0.15, 0.2) is 107 Å². The molecule has 0 spiro atoms. The first-order chi connectivity index (χ1) is 15.8. The van der Waals surface area contributed by atoms with Gasteiger partial charge >= 0.3 is 0 Å². The van der Waals surface area contributed by atoms with Crippen molar-refractivity contribution in [2.45, 2.75) is 24.4 Å². The highest BCUT2D eigenvalue weighted by atomic mass is 32.2. The minimum Gasteiger partial charge on any atom is -0.369 e. The van der Waals surface area contributed by atoms with Gasteiger partial charge in [-0.25, -0.2) is 0 Å². The summed E-state index contributed by atoms with van der Waals surface area (Å²) in [6, 6.07) is 0.560. The molecule has 0 bridgehead atoms. The van der Waals surface area contributed by atoms with Crippen LogP contribution < -0.4 is 21.3 Å². The highest BCUT2D eigenvalue weighted by Gasteiger charge is 2.29. The zero-order valence-electron chi connectivity index (χ0n) is 17.5. The number of fused-ring (bicyclic) bond motifs is 3. The third kappa shape index (κ3) is 4.00. The van der Waals surface area contributed by atoms with Crippen molar-refractivity contribution < 1.29 is 0 Å². The summed E-state index contributed by atoms with van der Waals surface area (Å²) in [4.78, 5) is 4.43. The summed E-state index contributed by atoms with van der Waals surface area (Å²) in [5, 5.41) is 17.2. The number of nitrogens with one attached hydrogen (secondary N) is 4. The minimum absolute atomic E-state index is 0.244. The van der Waals surface area contributed by atoms with Gasteiger partial charge < -0.3 is 31.1 Å². The van der Waals surface area contributed by atoms with E-state index in [1.54, 1.807) is 0 Å². The predicted octanol–water partition coefficient (Wildman–Crippen LogP) is 2.95. The second-order valence-electron chi connectivity index (χ2n) is 8.18. The van der Waals surface area contributed by atoms with Gasteiger partial charge in [-0.05, 0) is 24.3 Å². The van der Waals surface area contributed by atoms with Gasteiger partial charge in [-0.2, -0.15) is 0 Å². The monoisotopic (exact) mass is 462 g/mol. The summed E-state index contributed by atoms with van der Waals surface area (Å²) in [7, 11) is 0. The molecule has 6 rings (SSSR count). The van der Waals surface area contributed by atoms with Crippen LogP contribution in [0.3, 0.4) is 0 Å². The van der Waals surface area contributed by atoms with Crippen molar-refractivity contribution in [3.05, 3.63) is 107 Å². The molecule has 0 aromatic carbocycles. The minimum atomic E-state index is 0.244. The van der Waals surface area contributed by atoms with E-state index in [2.05, 4.69) is 117 Å². The lowest BCUT2D eigenvalue weighted by Gasteiger charge is -2.35. The van der Waals surface area contributed by atoms with E-state index >= 15 is 0 Å². The van der Waals surface area contributed by atoms with Gasteiger partial charge in [0.1, 0.15) is 12.3 Å². The first-order valence-electron chi connectivity index (χ1n) is 10.9. The van der Waals surface area contributed by atoms with Crippen LogP contribution in [0.5, 0.6) is 0 Å². The maximum Gasteiger partial charge on any atom is 0.122 e. The SMILES string of the molecule is C1=CC2NC(SCC3=CN4C=CC=CC4N3)=C(SCC3=CN4C=CC=CC4N3)NC2C=C1. The lowest BCUT2D eigenvalue weighted by atomic mass is 10.0. The van der Waals surface area contributed by atoms with Gasteiger partial charge in [0.15, 0.2) is 0 Å². The van der Waals surface area contributed by atoms with Gasteiger partial charge in [0.25, 0.3) is 0 Å². The van der Waals surface area contributed by atoms with Crippen molar-refractivity contribution in [3.8, 4) is 0 Å². The van der Waals surface area contributed by atoms with Gasteiger partial charge in [-0.3, -0.25) is 0 Å². The van der Waals surface area contributed by atoms with E-state index in [0.29, 0.717) is 0 Å². The summed E-state index contributed by atoms with van der Waals surface area (Å²) in [6.07, 6.45) is 30.5. The lowest BCUT2D eigenvalue weighted by Crippen LogP contribution is -2.50. The molecule has 32 heavy (non-hydrogen) atoms. The van der Waals surface area contributed by atoms with Crippen molar-refractivity contribution in [2.24, 2.45) is 0 Å². The van der Waals surface area contributed by atoms with E-state index in [1.807, 2.05) is 23.5 Å². The van der Waals surface area contributed by atoms with Gasteiger partial charge in [0.05, 0.1) is 22.1 Å². The standard InChI is InChI=1S/C24H26N6S2/c1-2-8-20-19(7-1)27-23(31-15-17-13-29-11-5-3-9-21(29)25-17)24(28-20)32-16-18-14-30-12-6-4-10-22(30)26-18/h1-14,19-22,25-28H,15-16H2. The summed E-state index contributed by atoms with van der Waals surface area (Å²) in [5.74, 6) is 1.79. The molecule has 0 aromatic heterocycles. The van der Waals surface area contributed by atoms with Crippen molar-refractivity contribution in [2.75, 3.05) is 11.5 Å². The Labute approximate surface area is 197 Å². The number of thioether (sulfide) groups is 2. The summed E-state index contributed by atoms with van der Waals surface area (Å²) in [5.41, 5.74) is 2.48. The average Bonchev–Trinajstić information content (AvgIpc) is 3.44. The van der Waals surface area contributed by atoms with E-state index in [9.17, 15) is 0 Å². The number of hydrogen-bond acceptors (Lipinski definition) is 8. The van der Waals surface area contributed by atoms with Crippen LogP contribution in [0.1, 0.15) is 0 Å². The zero-order chi connectivity index (χ0) is 21.3. The highest BCUT2D eigenvalue weighted by Crippen LogP contribution is 2.33. The molecule has 6 aliphatic rings. The molecule has 0 fully saturated rings. The quantitative estimate of drug-likeness (QED) is 0.481. The van der Waals surface area contributed by atoms with Gasteiger partial charge in [0, 0.05) is 47.7 Å². The predicted molar refractivity (Wildman–Crippen MR) is 134 cm³/mol. The van der Waals surface area contributed by atoms with Gasteiger partial charge in [-0.15, -0.1) is 0 Å². The Kier molecular flexibility index (Phi) is 5.32. The molecule has 6 nitrogen and oxygen atoms in total. The Morgan fingerprint density at radius 1 is 0.594 bits per heavy atom. The van der Waals surface area contributed by atoms with Crippen LogP contribution >= 0.6 is 23.5 Å². The Bertz CT molecular complexity index is 965. The number of allylic oxidation sites excluding steroid dienone is 6. The summed E-state index contributed by atoms with van der Waals surface area (Å²) < 4.78 is 0. The molecule has 5 heterocycles. The van der Waals surface area contributed by atoms with E-state index in [4.69, 9.17) is 0 Å². The summed E-state index contributed by atoms with van der Waals surface area (Å²) >= 11 is 3.71. The zero-order valence-corrected chi connectivity index (χ0v) is 19.2. The third-order valence-electron chi connectivity index (χ3n) is 5.92. The molecular weight excluding hydrogens is 436 g/mol. The number of nitrogens with zero attached hydrogens (tertiary/aromatic N) is 2. The van der Waals surface area contributed by atoms with Gasteiger partial charge in [-0.1, -0.05) is 60.0 Å². The molecule has 4 atom stereocenters. The largest absolute Gasteiger partial charge is 0.369 e. The normalized spacial score (nSPS) is 30.8. The molecule has 0 saturated heterocycles. The second-order valence-corrected chi connectivity index (χ2v) is 10.2. The molecule has 4 unspecified atom stereocenters. The molecular formula is C24H26N6S2. The fraction of sp³-hybridized carbons (Fsp3) is 0.250. The van der Waals surface area contributed by atoms with E-state index in [0.717, 1.165) is 11.5 Å². The van der Waals surface area contributed by atoms with Crippen LogP contribution in [0.25, 0.3) is 0 Å². The average molecular weight is 463 g/mol. The molecule has 0 saturated carbocycles. The molecule has 4 N–H and O–H groups in total. The van der Waals surface area contributed by atoms with Gasteiger partial charge in [0.2, 0.25) is 0 Å². The fourth-order valence-electron chi connectivity index (χ4n) is 4.32. The molecule has 164 valence electrons. The van der Waals surface area contributed by atoms with Crippen molar-refractivity contribution in [1.82, 2.24) is 31.1 Å². The molecule has 0 radical (unpaired) electrons. The first-order valence-corrected chi connectivity index (χ1v) is 12.9. The Morgan fingerprint density at radius 3 is 1.53 bits per heavy atom. The van der Waals surface area contributed by atoms with Crippen LogP contribution in [0.2, 0.25) is 0 Å². The lowest BCUT2D eigenvalue weighted by molar-refractivity contribution is 0.424. The molecule has 5 aliphatic heterocycles. The highest BCUT2D eigenvalue weighted by molar-refractivity contribution is 8.06. The topological polar surface area (TPSA) is 54.6 Å². The van der Waals surface area contributed by atoms with Crippen molar-refractivity contribution >= 4 is 23.5 Å². The Morgan fingerprint density at radius 2 is 1.06 bits per heavy atom. The van der Waals surface area contributed by atoms with Crippen LogP contribution in [0, 0.1) is 0 Å². The number of hydrogen-bond donors (Lipinski definition) is 4. The van der Waals surface area contributed by atoms with E-state index < -0.39 is 0 Å². The Hall–Kier alpha value is -2.84. The maximum absolute atomic E-state index is 3.77. The van der Waals surface area contributed by atoms with Crippen molar-refractivity contribution in [1.29, 1.82) is 0 Å². The molecule has 8 heteroatoms. The Balaban J connectivity index is 1.15. The second kappa shape index (κ2) is 8.60. The van der Waals surface area contributed by atoms with Crippen LogP contribution in [-0.2, 0) is 0 Å². The molecule has 0 amide bonds. The molecule has 1 aliphatic carbocycles. The van der Waals surface area contributed by atoms with Crippen LogP contribution in [-0.4, -0.2) is 45.7 Å². The first kappa shape index (κ1) is 19.8. The third-order valence-corrected chi connectivity index (χ3v) is 8.19. The molecule has 0 aromatic rings. The van der Waals surface area contributed by atoms with Crippen LogP contribution in [0.4, 0.5) is 0 Å². The fourth-order valence-corrected chi connectivity index (χ4v) is 6.40. The maximum atomic E-state index is 3.77. The number of rotatable bonds is 6. The summed E-state index contributed by atoms with van der Waals surface area (Å²) in [6.45, 7) is 0. The van der Waals surface area contributed by atoms with E-state index in [-0.39, 0.29) is 24.4 Å². The van der Waals surface area contributed by atoms with E-state index in [1.165, 1.54) is 21.5 Å².